The monoisotopic (exact) mass is 324 g/mol. The number of thiophene rings is 1. The second kappa shape index (κ2) is 7.10. The van der Waals surface area contributed by atoms with E-state index in [1.165, 1.54) is 11.3 Å². The third-order valence-corrected chi connectivity index (χ3v) is 3.91. The maximum atomic E-state index is 11.8. The van der Waals surface area contributed by atoms with Gasteiger partial charge < -0.3 is 15.7 Å². The zero-order valence-corrected chi connectivity index (χ0v) is 12.4. The third-order valence-electron chi connectivity index (χ3n) is 2.72. The fraction of sp³-hybridized carbons (Fsp3) is 0.143. The number of rotatable bonds is 5. The summed E-state index contributed by atoms with van der Waals surface area (Å²) >= 11 is 7.05. The fourth-order valence-electron chi connectivity index (χ4n) is 1.68. The Kier molecular flexibility index (Phi) is 5.19. The molecule has 1 unspecified atom stereocenters. The van der Waals surface area contributed by atoms with Crippen LogP contribution in [0.25, 0.3) is 0 Å². The van der Waals surface area contributed by atoms with Gasteiger partial charge in [-0.25, -0.2) is 9.59 Å². The van der Waals surface area contributed by atoms with Crippen molar-refractivity contribution < 1.29 is 14.7 Å². The Hall–Kier alpha value is -2.05. The van der Waals surface area contributed by atoms with Gasteiger partial charge in [-0.3, -0.25) is 0 Å². The minimum Gasteiger partial charge on any atom is -0.479 e. The van der Waals surface area contributed by atoms with E-state index in [1.807, 2.05) is 0 Å². The molecule has 0 aliphatic carbocycles. The number of carboxylic acids is 1. The van der Waals surface area contributed by atoms with Crippen LogP contribution in [0.5, 0.6) is 0 Å². The minimum absolute atomic E-state index is 0.291. The van der Waals surface area contributed by atoms with E-state index >= 15 is 0 Å². The first-order valence-corrected chi connectivity index (χ1v) is 7.37. The van der Waals surface area contributed by atoms with E-state index < -0.39 is 18.0 Å². The largest absolute Gasteiger partial charge is 0.479 e. The van der Waals surface area contributed by atoms with Gasteiger partial charge in [0.05, 0.1) is 0 Å². The topological polar surface area (TPSA) is 78.4 Å². The number of halogens is 1. The van der Waals surface area contributed by atoms with Gasteiger partial charge in [-0.05, 0) is 29.1 Å². The zero-order valence-electron chi connectivity index (χ0n) is 10.9. The number of carboxylic acid groups (broad SMARTS) is 1. The first kappa shape index (κ1) is 15.3. The lowest BCUT2D eigenvalue weighted by Gasteiger charge is -2.13. The maximum Gasteiger partial charge on any atom is 0.331 e. The van der Waals surface area contributed by atoms with Crippen LogP contribution in [0.15, 0.2) is 41.8 Å². The number of benzene rings is 1. The van der Waals surface area contributed by atoms with E-state index in [0.717, 1.165) is 5.56 Å². The Morgan fingerprint density at radius 2 is 1.95 bits per heavy atom. The summed E-state index contributed by atoms with van der Waals surface area (Å²) in [4.78, 5) is 23.6. The van der Waals surface area contributed by atoms with Gasteiger partial charge in [-0.2, -0.15) is 0 Å². The lowest BCUT2D eigenvalue weighted by Crippen LogP contribution is -2.40. The first-order chi connectivity index (χ1) is 10.1. The first-order valence-electron chi connectivity index (χ1n) is 6.11. The number of hydrogen-bond acceptors (Lipinski definition) is 3. The van der Waals surface area contributed by atoms with Crippen molar-refractivity contribution in [3.05, 3.63) is 57.2 Å². The third kappa shape index (κ3) is 4.47. The molecule has 3 N–H and O–H groups in total. The average molecular weight is 325 g/mol. The molecular formula is C14H13ClN2O3S. The highest BCUT2D eigenvalue weighted by molar-refractivity contribution is 7.10. The summed E-state index contributed by atoms with van der Waals surface area (Å²) in [6, 6.07) is 8.85. The normalized spacial score (nSPS) is 11.7. The van der Waals surface area contributed by atoms with Crippen molar-refractivity contribution in [3.8, 4) is 0 Å². The molecule has 0 saturated heterocycles. The molecule has 2 aromatic rings. The summed E-state index contributed by atoms with van der Waals surface area (Å²) in [5.74, 6) is -1.10. The molecule has 0 spiro atoms. The predicted octanol–water partition coefficient (Wildman–Crippen LogP) is 3.03. The summed E-state index contributed by atoms with van der Waals surface area (Å²) in [6.07, 6.45) is 0. The van der Waals surface area contributed by atoms with Crippen molar-refractivity contribution in [3.63, 3.8) is 0 Å². The van der Waals surface area contributed by atoms with Gasteiger partial charge in [-0.1, -0.05) is 29.8 Å². The van der Waals surface area contributed by atoms with E-state index in [-0.39, 0.29) is 0 Å². The molecule has 2 amide bonds. The molecule has 0 aliphatic heterocycles. The molecule has 0 fully saturated rings. The molecule has 0 aliphatic rings. The van der Waals surface area contributed by atoms with Crippen LogP contribution in [0.4, 0.5) is 4.79 Å². The molecule has 0 radical (unpaired) electrons. The molecule has 2 rings (SSSR count). The van der Waals surface area contributed by atoms with Crippen LogP contribution in [0, 0.1) is 0 Å². The summed E-state index contributed by atoms with van der Waals surface area (Å²) in [5.41, 5.74) is 0.873. The quantitative estimate of drug-likeness (QED) is 0.791. The van der Waals surface area contributed by atoms with Crippen LogP contribution in [0.3, 0.4) is 0 Å². The predicted molar refractivity (Wildman–Crippen MR) is 81.5 cm³/mol. The maximum absolute atomic E-state index is 11.8. The number of urea groups is 1. The Labute approximate surface area is 130 Å². The molecule has 5 nitrogen and oxygen atoms in total. The molecule has 110 valence electrons. The molecule has 21 heavy (non-hydrogen) atoms. The number of carbonyl (C=O) groups excluding carboxylic acids is 1. The van der Waals surface area contributed by atoms with Crippen molar-refractivity contribution in [1.29, 1.82) is 0 Å². The van der Waals surface area contributed by atoms with E-state index in [2.05, 4.69) is 10.6 Å². The Bertz CT molecular complexity index is 614. The zero-order chi connectivity index (χ0) is 15.2. The van der Waals surface area contributed by atoms with Gasteiger partial charge in [0.15, 0.2) is 6.04 Å². The van der Waals surface area contributed by atoms with Gasteiger partial charge in [0.1, 0.15) is 0 Å². The molecular weight excluding hydrogens is 312 g/mol. The SMILES string of the molecule is O=C(NCc1ccc(Cl)cc1)NC(C(=O)O)c1cccs1. The molecule has 0 saturated carbocycles. The van der Waals surface area contributed by atoms with Gasteiger partial charge in [-0.15, -0.1) is 11.3 Å². The highest BCUT2D eigenvalue weighted by Gasteiger charge is 2.22. The van der Waals surface area contributed by atoms with Gasteiger partial charge >= 0.3 is 12.0 Å². The molecule has 1 aromatic heterocycles. The Balaban J connectivity index is 1.91. The average Bonchev–Trinajstić information content (AvgIpc) is 2.97. The molecule has 1 atom stereocenters. The molecule has 7 heteroatoms. The van der Waals surface area contributed by atoms with Crippen molar-refractivity contribution in [1.82, 2.24) is 10.6 Å². The smallest absolute Gasteiger partial charge is 0.331 e. The summed E-state index contributed by atoms with van der Waals surface area (Å²) in [6.45, 7) is 0.291. The van der Waals surface area contributed by atoms with Gasteiger partial charge in [0.2, 0.25) is 0 Å². The Morgan fingerprint density at radius 1 is 1.24 bits per heavy atom. The van der Waals surface area contributed by atoms with E-state index in [0.29, 0.717) is 16.4 Å². The van der Waals surface area contributed by atoms with Crippen LogP contribution in [0.2, 0.25) is 5.02 Å². The van der Waals surface area contributed by atoms with E-state index in [4.69, 9.17) is 16.7 Å². The van der Waals surface area contributed by atoms with E-state index in [1.54, 1.807) is 41.8 Å². The van der Waals surface area contributed by atoms with Gasteiger partial charge in [0, 0.05) is 16.4 Å². The van der Waals surface area contributed by atoms with Gasteiger partial charge in [0.25, 0.3) is 0 Å². The van der Waals surface area contributed by atoms with Crippen molar-refractivity contribution in [2.45, 2.75) is 12.6 Å². The number of aliphatic carboxylic acids is 1. The van der Waals surface area contributed by atoms with Crippen molar-refractivity contribution in [2.75, 3.05) is 0 Å². The second-order valence-corrected chi connectivity index (χ2v) is 5.66. The standard InChI is InChI=1S/C14H13ClN2O3S/c15-10-5-3-9(4-6-10)8-16-14(20)17-12(13(18)19)11-2-1-7-21-11/h1-7,12H,8H2,(H,18,19)(H2,16,17,20). The van der Waals surface area contributed by atoms with Crippen LogP contribution < -0.4 is 10.6 Å². The summed E-state index contributed by atoms with van der Waals surface area (Å²) < 4.78 is 0. The van der Waals surface area contributed by atoms with Crippen molar-refractivity contribution >= 4 is 34.9 Å². The molecule has 1 heterocycles. The number of amides is 2. The van der Waals surface area contributed by atoms with Crippen molar-refractivity contribution in [2.24, 2.45) is 0 Å². The number of carbonyl (C=O) groups is 2. The van der Waals surface area contributed by atoms with Crippen LogP contribution in [-0.4, -0.2) is 17.1 Å². The highest BCUT2D eigenvalue weighted by atomic mass is 35.5. The summed E-state index contributed by atoms with van der Waals surface area (Å²) in [5, 5.41) is 16.6. The summed E-state index contributed by atoms with van der Waals surface area (Å²) in [7, 11) is 0. The second-order valence-electron chi connectivity index (χ2n) is 4.24. The number of nitrogens with one attached hydrogen (secondary N) is 2. The van der Waals surface area contributed by atoms with E-state index in [9.17, 15) is 9.59 Å². The molecule has 1 aromatic carbocycles. The van der Waals surface area contributed by atoms with Crippen LogP contribution >= 0.6 is 22.9 Å². The number of hydrogen-bond donors (Lipinski definition) is 3. The fourth-order valence-corrected chi connectivity index (χ4v) is 2.57. The Morgan fingerprint density at radius 3 is 2.52 bits per heavy atom. The minimum atomic E-state index is -1.10. The lowest BCUT2D eigenvalue weighted by atomic mass is 10.2. The lowest BCUT2D eigenvalue weighted by molar-refractivity contribution is -0.139. The molecule has 0 bridgehead atoms. The van der Waals surface area contributed by atoms with Crippen LogP contribution in [0.1, 0.15) is 16.5 Å². The highest BCUT2D eigenvalue weighted by Crippen LogP contribution is 2.19. The van der Waals surface area contributed by atoms with Crippen LogP contribution in [-0.2, 0) is 11.3 Å².